The van der Waals surface area contributed by atoms with Gasteiger partial charge in [0.1, 0.15) is 0 Å². The molecule has 2 aromatic carbocycles. The fraction of sp³-hybridized carbons (Fsp3) is 0.0909. The summed E-state index contributed by atoms with van der Waals surface area (Å²) in [4.78, 5) is 28.0. The number of carbonyl (C=O) groups excluding carboxylic acids is 1. The standard InChI is InChI=1S/C22H17ClN2O2/c1-13-17-11-15(23)8-9-18(17)24-22(27)21(13)20(26)10-7-14-12-25(2)19-6-4-3-5-16(14)19/h3-12H,1-2H3,(H,24,27)/b10-7+. The van der Waals surface area contributed by atoms with Gasteiger partial charge in [0.25, 0.3) is 5.56 Å². The number of nitrogens with zero attached hydrogens (tertiary/aromatic N) is 1. The van der Waals surface area contributed by atoms with E-state index in [0.717, 1.165) is 21.9 Å². The zero-order chi connectivity index (χ0) is 19.1. The summed E-state index contributed by atoms with van der Waals surface area (Å²) >= 11 is 6.07. The van der Waals surface area contributed by atoms with Crippen molar-refractivity contribution in [3.8, 4) is 0 Å². The quantitative estimate of drug-likeness (QED) is 0.409. The predicted molar refractivity (Wildman–Crippen MR) is 111 cm³/mol. The second kappa shape index (κ2) is 6.56. The van der Waals surface area contributed by atoms with Gasteiger partial charge in [-0.25, -0.2) is 0 Å². The van der Waals surface area contributed by atoms with E-state index in [-0.39, 0.29) is 11.3 Å². The molecular weight excluding hydrogens is 360 g/mol. The van der Waals surface area contributed by atoms with Crippen molar-refractivity contribution in [2.24, 2.45) is 7.05 Å². The Morgan fingerprint density at radius 1 is 1.15 bits per heavy atom. The first-order valence-corrected chi connectivity index (χ1v) is 8.92. The number of hydrogen-bond acceptors (Lipinski definition) is 2. The number of H-pyrrole nitrogens is 1. The van der Waals surface area contributed by atoms with Crippen molar-refractivity contribution in [3.05, 3.63) is 86.8 Å². The third kappa shape index (κ3) is 2.98. The van der Waals surface area contributed by atoms with E-state index in [1.165, 1.54) is 6.08 Å². The van der Waals surface area contributed by atoms with Crippen molar-refractivity contribution < 1.29 is 4.79 Å². The summed E-state index contributed by atoms with van der Waals surface area (Å²) in [5.41, 5.74) is 3.05. The number of hydrogen-bond donors (Lipinski definition) is 1. The van der Waals surface area contributed by atoms with Crippen LogP contribution in [0, 0.1) is 6.92 Å². The summed E-state index contributed by atoms with van der Waals surface area (Å²) in [5.74, 6) is -0.330. The lowest BCUT2D eigenvalue weighted by Crippen LogP contribution is -2.18. The van der Waals surface area contributed by atoms with Gasteiger partial charge >= 0.3 is 0 Å². The second-order valence-electron chi connectivity index (χ2n) is 6.55. The van der Waals surface area contributed by atoms with Gasteiger partial charge in [0, 0.05) is 45.6 Å². The van der Waals surface area contributed by atoms with Gasteiger partial charge in [0.05, 0.1) is 5.56 Å². The van der Waals surface area contributed by atoms with Gasteiger partial charge in [-0.05, 0) is 48.9 Å². The first-order chi connectivity index (χ1) is 13.0. The Hall–Kier alpha value is -3.11. The molecule has 4 aromatic rings. The normalized spacial score (nSPS) is 11.7. The third-order valence-electron chi connectivity index (χ3n) is 4.82. The molecule has 0 saturated carbocycles. The minimum atomic E-state index is -0.394. The monoisotopic (exact) mass is 376 g/mol. The Bertz CT molecular complexity index is 1300. The van der Waals surface area contributed by atoms with E-state index in [0.29, 0.717) is 16.1 Å². The molecule has 1 N–H and O–H groups in total. The molecule has 0 aliphatic rings. The SMILES string of the molecule is Cc1c(C(=O)/C=C/c2cn(C)c3ccccc23)c(=O)[nH]c2ccc(Cl)cc12. The third-order valence-corrected chi connectivity index (χ3v) is 5.06. The molecule has 27 heavy (non-hydrogen) atoms. The number of aromatic amines is 1. The largest absolute Gasteiger partial charge is 0.350 e. The maximum absolute atomic E-state index is 12.8. The Kier molecular flexibility index (Phi) is 4.21. The molecule has 0 unspecified atom stereocenters. The van der Waals surface area contributed by atoms with E-state index in [1.807, 2.05) is 42.1 Å². The summed E-state index contributed by atoms with van der Waals surface area (Å²) in [6, 6.07) is 13.2. The van der Waals surface area contributed by atoms with Crippen LogP contribution in [0.4, 0.5) is 0 Å². The van der Waals surface area contributed by atoms with E-state index in [4.69, 9.17) is 11.6 Å². The van der Waals surface area contributed by atoms with Crippen LogP contribution in [0.15, 0.2) is 59.5 Å². The van der Waals surface area contributed by atoms with Gasteiger partial charge in [-0.2, -0.15) is 0 Å². The number of aryl methyl sites for hydroxylation is 2. The second-order valence-corrected chi connectivity index (χ2v) is 6.99. The smallest absolute Gasteiger partial charge is 0.259 e. The maximum Gasteiger partial charge on any atom is 0.259 e. The number of pyridine rings is 1. The Balaban J connectivity index is 1.79. The van der Waals surface area contributed by atoms with Crippen LogP contribution in [-0.4, -0.2) is 15.3 Å². The Morgan fingerprint density at radius 3 is 2.74 bits per heavy atom. The van der Waals surface area contributed by atoms with Crippen LogP contribution < -0.4 is 5.56 Å². The zero-order valence-corrected chi connectivity index (χ0v) is 15.7. The Labute approximate surface area is 160 Å². The fourth-order valence-electron chi connectivity index (χ4n) is 3.48. The van der Waals surface area contributed by atoms with Crippen LogP contribution in [0.3, 0.4) is 0 Å². The number of rotatable bonds is 3. The van der Waals surface area contributed by atoms with Crippen LogP contribution in [0.2, 0.25) is 5.02 Å². The van der Waals surface area contributed by atoms with E-state index in [9.17, 15) is 9.59 Å². The molecule has 0 saturated heterocycles. The number of halogens is 1. The highest BCUT2D eigenvalue weighted by Crippen LogP contribution is 2.24. The van der Waals surface area contributed by atoms with Gasteiger partial charge < -0.3 is 9.55 Å². The average molecular weight is 377 g/mol. The first-order valence-electron chi connectivity index (χ1n) is 8.54. The number of ketones is 1. The molecular formula is C22H17ClN2O2. The zero-order valence-electron chi connectivity index (χ0n) is 14.9. The lowest BCUT2D eigenvalue weighted by molar-refractivity contribution is 0.104. The highest BCUT2D eigenvalue weighted by Gasteiger charge is 2.15. The minimum Gasteiger partial charge on any atom is -0.350 e. The van der Waals surface area contributed by atoms with Gasteiger partial charge in [-0.15, -0.1) is 0 Å². The number of nitrogens with one attached hydrogen (secondary N) is 1. The van der Waals surface area contributed by atoms with Crippen molar-refractivity contribution >= 4 is 45.3 Å². The van der Waals surface area contributed by atoms with Crippen molar-refractivity contribution in [1.29, 1.82) is 0 Å². The molecule has 0 fully saturated rings. The molecule has 0 aliphatic carbocycles. The van der Waals surface area contributed by atoms with Crippen molar-refractivity contribution in [2.75, 3.05) is 0 Å². The summed E-state index contributed by atoms with van der Waals surface area (Å²) in [6.45, 7) is 1.77. The van der Waals surface area contributed by atoms with Crippen LogP contribution in [0.5, 0.6) is 0 Å². The van der Waals surface area contributed by atoms with Crippen LogP contribution in [-0.2, 0) is 7.05 Å². The highest BCUT2D eigenvalue weighted by molar-refractivity contribution is 6.31. The average Bonchev–Trinajstić information content (AvgIpc) is 2.97. The minimum absolute atomic E-state index is 0.140. The molecule has 134 valence electrons. The molecule has 0 aliphatic heterocycles. The van der Waals surface area contributed by atoms with Crippen LogP contribution in [0.1, 0.15) is 21.5 Å². The molecule has 0 atom stereocenters. The fourth-order valence-corrected chi connectivity index (χ4v) is 3.65. The van der Waals surface area contributed by atoms with E-state index in [2.05, 4.69) is 4.98 Å². The predicted octanol–water partition coefficient (Wildman–Crippen LogP) is 4.88. The number of para-hydroxylation sites is 1. The molecule has 0 radical (unpaired) electrons. The Morgan fingerprint density at radius 2 is 1.93 bits per heavy atom. The topological polar surface area (TPSA) is 54.9 Å². The lowest BCUT2D eigenvalue weighted by atomic mass is 10.0. The molecule has 2 aromatic heterocycles. The van der Waals surface area contributed by atoms with E-state index < -0.39 is 5.56 Å². The summed E-state index contributed by atoms with van der Waals surface area (Å²) < 4.78 is 2.01. The van der Waals surface area contributed by atoms with Crippen LogP contribution in [0.25, 0.3) is 27.9 Å². The number of benzene rings is 2. The molecule has 4 nitrogen and oxygen atoms in total. The number of allylic oxidation sites excluding steroid dienone is 1. The van der Waals surface area contributed by atoms with Crippen molar-refractivity contribution in [3.63, 3.8) is 0 Å². The van der Waals surface area contributed by atoms with Crippen molar-refractivity contribution in [1.82, 2.24) is 9.55 Å². The highest BCUT2D eigenvalue weighted by atomic mass is 35.5. The van der Waals surface area contributed by atoms with Gasteiger partial charge in [0.2, 0.25) is 0 Å². The molecule has 2 heterocycles. The molecule has 0 spiro atoms. The summed E-state index contributed by atoms with van der Waals surface area (Å²) in [6.07, 6.45) is 5.17. The summed E-state index contributed by atoms with van der Waals surface area (Å²) in [7, 11) is 1.96. The number of carbonyl (C=O) groups is 1. The number of aromatic nitrogens is 2. The molecule has 0 amide bonds. The lowest BCUT2D eigenvalue weighted by Gasteiger charge is -2.07. The molecule has 5 heteroatoms. The summed E-state index contributed by atoms with van der Waals surface area (Å²) in [5, 5.41) is 2.38. The molecule has 4 rings (SSSR count). The van der Waals surface area contributed by atoms with Gasteiger partial charge in [-0.3, -0.25) is 9.59 Å². The van der Waals surface area contributed by atoms with E-state index >= 15 is 0 Å². The molecule has 0 bridgehead atoms. The first kappa shape index (κ1) is 17.3. The maximum atomic E-state index is 12.8. The van der Waals surface area contributed by atoms with Crippen molar-refractivity contribution in [2.45, 2.75) is 6.92 Å². The van der Waals surface area contributed by atoms with Crippen LogP contribution >= 0.6 is 11.6 Å². The van der Waals surface area contributed by atoms with E-state index in [1.54, 1.807) is 31.2 Å². The number of fused-ring (bicyclic) bond motifs is 2. The van der Waals surface area contributed by atoms with Gasteiger partial charge in [-0.1, -0.05) is 29.8 Å². The van der Waals surface area contributed by atoms with Gasteiger partial charge in [0.15, 0.2) is 5.78 Å².